The Hall–Kier alpha value is -0.200. The summed E-state index contributed by atoms with van der Waals surface area (Å²) < 4.78 is 0. The van der Waals surface area contributed by atoms with Crippen molar-refractivity contribution in [2.24, 2.45) is 0 Å². The van der Waals surface area contributed by atoms with E-state index in [-0.39, 0.29) is 5.38 Å². The highest BCUT2D eigenvalue weighted by Gasteiger charge is 1.97. The Morgan fingerprint density at radius 1 is 1.27 bits per heavy atom. The Bertz CT molecular complexity index is 214. The molecule has 0 bridgehead atoms. The summed E-state index contributed by atoms with van der Waals surface area (Å²) in [7, 11) is 0. The topological polar surface area (TPSA) is 0 Å². The van der Waals surface area contributed by atoms with E-state index in [0.717, 1.165) is 11.4 Å². The molecule has 0 aliphatic heterocycles. The van der Waals surface area contributed by atoms with Gasteiger partial charge in [0.25, 0.3) is 0 Å². The second-order valence-corrected chi connectivity index (χ2v) is 3.79. The number of rotatable bonds is 2. The third-order valence-electron chi connectivity index (χ3n) is 1.43. The highest BCUT2D eigenvalue weighted by Crippen LogP contribution is 2.12. The van der Waals surface area contributed by atoms with Gasteiger partial charge >= 0.3 is 0 Å². The Morgan fingerprint density at radius 3 is 2.27 bits per heavy atom. The maximum absolute atomic E-state index is 5.82. The number of alkyl halides is 1. The molecule has 2 heteroatoms. The summed E-state index contributed by atoms with van der Waals surface area (Å²) in [5.74, 6) is 0. The van der Waals surface area contributed by atoms with Crippen LogP contribution in [0.1, 0.15) is 12.5 Å². The molecule has 11 heavy (non-hydrogen) atoms. The zero-order valence-electron chi connectivity index (χ0n) is 6.35. The average molecular weight is 189 g/mol. The average Bonchev–Trinajstić information content (AvgIpc) is 1.93. The van der Waals surface area contributed by atoms with Gasteiger partial charge in [0, 0.05) is 10.4 Å². The largest absolute Gasteiger partial charge is 0.123 e. The predicted octanol–water partition coefficient (Wildman–Crippen LogP) is 3.51. The van der Waals surface area contributed by atoms with Gasteiger partial charge in [0.1, 0.15) is 0 Å². The fourth-order valence-electron chi connectivity index (χ4n) is 0.945. The Balaban J connectivity index is 2.66. The summed E-state index contributed by atoms with van der Waals surface area (Å²) in [5, 5.41) is 0.965. The lowest BCUT2D eigenvalue weighted by Crippen LogP contribution is -1.95. The van der Waals surface area contributed by atoms with Crippen LogP contribution in [-0.4, -0.2) is 5.38 Å². The van der Waals surface area contributed by atoms with E-state index in [1.165, 1.54) is 5.56 Å². The first-order valence-electron chi connectivity index (χ1n) is 3.57. The van der Waals surface area contributed by atoms with Crippen LogP contribution in [0.5, 0.6) is 0 Å². The van der Waals surface area contributed by atoms with Crippen molar-refractivity contribution in [2.75, 3.05) is 0 Å². The van der Waals surface area contributed by atoms with Crippen LogP contribution >= 0.6 is 23.2 Å². The molecule has 1 atom stereocenters. The summed E-state index contributed by atoms with van der Waals surface area (Å²) >= 11 is 11.5. The lowest BCUT2D eigenvalue weighted by molar-refractivity contribution is 0.931. The smallest absolute Gasteiger partial charge is 0.0406 e. The third-order valence-corrected chi connectivity index (χ3v) is 1.84. The molecule has 0 N–H and O–H groups in total. The zero-order chi connectivity index (χ0) is 8.27. The predicted molar refractivity (Wildman–Crippen MR) is 50.5 cm³/mol. The SMILES string of the molecule is CC(Cl)Cc1ccc(Cl)cc1. The normalized spacial score (nSPS) is 13.0. The first kappa shape index (κ1) is 8.89. The van der Waals surface area contributed by atoms with Crippen molar-refractivity contribution in [1.82, 2.24) is 0 Å². The van der Waals surface area contributed by atoms with E-state index in [4.69, 9.17) is 23.2 Å². The molecule has 0 fully saturated rings. The highest BCUT2D eigenvalue weighted by atomic mass is 35.5. The van der Waals surface area contributed by atoms with Crippen LogP contribution in [0.15, 0.2) is 24.3 Å². The van der Waals surface area contributed by atoms with E-state index in [0.29, 0.717) is 0 Å². The summed E-state index contributed by atoms with van der Waals surface area (Å²) in [6, 6.07) is 7.77. The van der Waals surface area contributed by atoms with E-state index < -0.39 is 0 Å². The van der Waals surface area contributed by atoms with Crippen LogP contribution in [0.3, 0.4) is 0 Å². The molecule has 0 aromatic heterocycles. The van der Waals surface area contributed by atoms with Crippen LogP contribution in [0.4, 0.5) is 0 Å². The third kappa shape index (κ3) is 3.13. The van der Waals surface area contributed by atoms with Gasteiger partial charge in [-0.15, -0.1) is 11.6 Å². The van der Waals surface area contributed by atoms with Crippen molar-refractivity contribution in [2.45, 2.75) is 18.7 Å². The molecule has 1 aromatic rings. The van der Waals surface area contributed by atoms with E-state index in [9.17, 15) is 0 Å². The molecular weight excluding hydrogens is 179 g/mol. The van der Waals surface area contributed by atoms with Crippen molar-refractivity contribution in [3.05, 3.63) is 34.9 Å². The van der Waals surface area contributed by atoms with Gasteiger partial charge in [0.15, 0.2) is 0 Å². The van der Waals surface area contributed by atoms with Crippen LogP contribution < -0.4 is 0 Å². The van der Waals surface area contributed by atoms with Crippen molar-refractivity contribution in [3.63, 3.8) is 0 Å². The first-order chi connectivity index (χ1) is 5.18. The lowest BCUT2D eigenvalue weighted by atomic mass is 10.1. The molecule has 1 rings (SSSR count). The van der Waals surface area contributed by atoms with E-state index >= 15 is 0 Å². The standard InChI is InChI=1S/C9H10Cl2/c1-7(10)6-8-2-4-9(11)5-3-8/h2-5,7H,6H2,1H3. The molecule has 0 nitrogen and oxygen atoms in total. The summed E-state index contributed by atoms with van der Waals surface area (Å²) in [5.41, 5.74) is 1.23. The fraction of sp³-hybridized carbons (Fsp3) is 0.333. The Morgan fingerprint density at radius 2 is 1.82 bits per heavy atom. The molecule has 0 saturated carbocycles. The molecule has 0 saturated heterocycles. The minimum absolute atomic E-state index is 0.191. The van der Waals surface area contributed by atoms with Gasteiger partial charge in [-0.25, -0.2) is 0 Å². The molecule has 0 aliphatic carbocycles. The zero-order valence-corrected chi connectivity index (χ0v) is 7.86. The van der Waals surface area contributed by atoms with Crippen molar-refractivity contribution >= 4 is 23.2 Å². The summed E-state index contributed by atoms with van der Waals surface area (Å²) in [4.78, 5) is 0. The number of hydrogen-bond acceptors (Lipinski definition) is 0. The Kier molecular flexibility index (Phi) is 3.22. The van der Waals surface area contributed by atoms with Crippen LogP contribution in [-0.2, 0) is 6.42 Å². The van der Waals surface area contributed by atoms with Crippen LogP contribution in [0.2, 0.25) is 5.02 Å². The molecule has 0 heterocycles. The molecule has 0 spiro atoms. The van der Waals surface area contributed by atoms with Crippen LogP contribution in [0, 0.1) is 0 Å². The van der Waals surface area contributed by atoms with Gasteiger partial charge < -0.3 is 0 Å². The molecule has 0 amide bonds. The highest BCUT2D eigenvalue weighted by molar-refractivity contribution is 6.30. The molecule has 0 aliphatic rings. The number of hydrogen-bond donors (Lipinski definition) is 0. The molecule has 1 aromatic carbocycles. The second kappa shape index (κ2) is 3.99. The molecular formula is C9H10Cl2. The van der Waals surface area contributed by atoms with E-state index in [1.807, 2.05) is 31.2 Å². The quantitative estimate of drug-likeness (QED) is 0.624. The van der Waals surface area contributed by atoms with Gasteiger partial charge in [-0.1, -0.05) is 23.7 Å². The number of halogens is 2. The summed E-state index contributed by atoms with van der Waals surface area (Å²) in [6.07, 6.45) is 0.902. The maximum Gasteiger partial charge on any atom is 0.0406 e. The lowest BCUT2D eigenvalue weighted by Gasteiger charge is -2.01. The van der Waals surface area contributed by atoms with Gasteiger partial charge in [0.05, 0.1) is 0 Å². The molecule has 1 unspecified atom stereocenters. The maximum atomic E-state index is 5.82. The Labute approximate surface area is 77.1 Å². The van der Waals surface area contributed by atoms with Gasteiger partial charge in [-0.2, -0.15) is 0 Å². The van der Waals surface area contributed by atoms with E-state index in [1.54, 1.807) is 0 Å². The first-order valence-corrected chi connectivity index (χ1v) is 4.38. The van der Waals surface area contributed by atoms with Crippen molar-refractivity contribution in [3.8, 4) is 0 Å². The van der Waals surface area contributed by atoms with E-state index in [2.05, 4.69) is 0 Å². The van der Waals surface area contributed by atoms with Crippen molar-refractivity contribution in [1.29, 1.82) is 0 Å². The number of benzene rings is 1. The monoisotopic (exact) mass is 188 g/mol. The molecule has 0 radical (unpaired) electrons. The van der Waals surface area contributed by atoms with Gasteiger partial charge in [0.2, 0.25) is 0 Å². The van der Waals surface area contributed by atoms with Gasteiger partial charge in [-0.3, -0.25) is 0 Å². The van der Waals surface area contributed by atoms with Crippen LogP contribution in [0.25, 0.3) is 0 Å². The summed E-state index contributed by atoms with van der Waals surface area (Å²) in [6.45, 7) is 1.98. The fourth-order valence-corrected chi connectivity index (χ4v) is 1.25. The molecule has 60 valence electrons. The minimum Gasteiger partial charge on any atom is -0.123 e. The minimum atomic E-state index is 0.191. The van der Waals surface area contributed by atoms with Crippen molar-refractivity contribution < 1.29 is 0 Å². The second-order valence-electron chi connectivity index (χ2n) is 2.61. The van der Waals surface area contributed by atoms with Gasteiger partial charge in [-0.05, 0) is 31.0 Å².